The normalized spacial score (nSPS) is 21.0. The van der Waals surface area contributed by atoms with Crippen LogP contribution in [0.3, 0.4) is 0 Å². The van der Waals surface area contributed by atoms with Crippen LogP contribution in [0.2, 0.25) is 0 Å². The van der Waals surface area contributed by atoms with Crippen LogP contribution in [0.5, 0.6) is 0 Å². The van der Waals surface area contributed by atoms with Gasteiger partial charge in [-0.05, 0) is 42.5 Å². The zero-order valence-corrected chi connectivity index (χ0v) is 16.2. The SMILES string of the molecule is CN(C)C(=O)CC1Cc2ccccc2C2(CCN(c3ccccc3)CC2)O1. The van der Waals surface area contributed by atoms with Gasteiger partial charge in [0.05, 0.1) is 18.1 Å². The highest BCUT2D eigenvalue weighted by atomic mass is 16.5. The maximum Gasteiger partial charge on any atom is 0.224 e. The minimum absolute atomic E-state index is 0.0434. The van der Waals surface area contributed by atoms with Crippen molar-refractivity contribution < 1.29 is 9.53 Å². The molecule has 2 aromatic carbocycles. The van der Waals surface area contributed by atoms with Crippen molar-refractivity contribution in [1.82, 2.24) is 4.90 Å². The summed E-state index contributed by atoms with van der Waals surface area (Å²) in [7, 11) is 3.63. The van der Waals surface area contributed by atoms with Crippen LogP contribution in [0, 0.1) is 0 Å². The quantitative estimate of drug-likeness (QED) is 0.834. The third-order valence-corrected chi connectivity index (χ3v) is 5.94. The van der Waals surface area contributed by atoms with Gasteiger partial charge in [0.1, 0.15) is 0 Å². The van der Waals surface area contributed by atoms with Crippen molar-refractivity contribution >= 4 is 11.6 Å². The van der Waals surface area contributed by atoms with E-state index in [4.69, 9.17) is 4.74 Å². The predicted molar refractivity (Wildman–Crippen MR) is 108 cm³/mol. The van der Waals surface area contributed by atoms with Crippen molar-refractivity contribution in [3.63, 3.8) is 0 Å². The van der Waals surface area contributed by atoms with Gasteiger partial charge in [-0.2, -0.15) is 0 Å². The van der Waals surface area contributed by atoms with E-state index in [2.05, 4.69) is 59.5 Å². The highest BCUT2D eigenvalue weighted by molar-refractivity contribution is 5.76. The van der Waals surface area contributed by atoms with Gasteiger partial charge in [-0.15, -0.1) is 0 Å². The van der Waals surface area contributed by atoms with Gasteiger partial charge in [-0.1, -0.05) is 42.5 Å². The second-order valence-corrected chi connectivity index (χ2v) is 7.91. The number of rotatable bonds is 3. The van der Waals surface area contributed by atoms with E-state index >= 15 is 0 Å². The molecule has 2 aliphatic rings. The summed E-state index contributed by atoms with van der Waals surface area (Å²) in [5, 5.41) is 0. The molecule has 0 saturated carbocycles. The van der Waals surface area contributed by atoms with Gasteiger partial charge in [-0.25, -0.2) is 0 Å². The van der Waals surface area contributed by atoms with Crippen LogP contribution in [0.25, 0.3) is 0 Å². The van der Waals surface area contributed by atoms with Gasteiger partial charge in [0.15, 0.2) is 0 Å². The van der Waals surface area contributed by atoms with E-state index in [-0.39, 0.29) is 17.6 Å². The van der Waals surface area contributed by atoms with Crippen LogP contribution < -0.4 is 4.90 Å². The summed E-state index contributed by atoms with van der Waals surface area (Å²) in [6.45, 7) is 1.93. The number of carbonyl (C=O) groups excluding carboxylic acids is 1. The topological polar surface area (TPSA) is 32.8 Å². The van der Waals surface area contributed by atoms with Gasteiger partial charge in [0.2, 0.25) is 5.91 Å². The van der Waals surface area contributed by atoms with Crippen molar-refractivity contribution in [2.75, 3.05) is 32.1 Å². The number of benzene rings is 2. The monoisotopic (exact) mass is 364 g/mol. The molecule has 1 saturated heterocycles. The molecular weight excluding hydrogens is 336 g/mol. The summed E-state index contributed by atoms with van der Waals surface area (Å²) in [4.78, 5) is 16.4. The zero-order valence-electron chi connectivity index (χ0n) is 16.2. The average molecular weight is 364 g/mol. The van der Waals surface area contributed by atoms with Crippen LogP contribution in [0.15, 0.2) is 54.6 Å². The van der Waals surface area contributed by atoms with Crippen LogP contribution >= 0.6 is 0 Å². The first-order valence-corrected chi connectivity index (χ1v) is 9.84. The first kappa shape index (κ1) is 18.1. The summed E-state index contributed by atoms with van der Waals surface area (Å²) < 4.78 is 6.67. The molecule has 2 heterocycles. The molecule has 1 atom stereocenters. The van der Waals surface area contributed by atoms with Crippen LogP contribution in [-0.2, 0) is 21.6 Å². The highest BCUT2D eigenvalue weighted by Gasteiger charge is 2.44. The molecule has 0 aromatic heterocycles. The Bertz CT molecular complexity index is 795. The molecule has 2 aliphatic heterocycles. The van der Waals surface area contributed by atoms with Gasteiger partial charge in [-0.3, -0.25) is 4.79 Å². The number of hydrogen-bond donors (Lipinski definition) is 0. The summed E-state index contributed by atoms with van der Waals surface area (Å²) in [5.74, 6) is 0.135. The number of amides is 1. The average Bonchev–Trinajstić information content (AvgIpc) is 2.69. The molecule has 1 amide bonds. The molecule has 0 bridgehead atoms. The number of nitrogens with zero attached hydrogens (tertiary/aromatic N) is 2. The lowest BCUT2D eigenvalue weighted by Crippen LogP contribution is -2.49. The molecular formula is C23H28N2O2. The minimum Gasteiger partial charge on any atom is -0.371 e. The largest absolute Gasteiger partial charge is 0.371 e. The minimum atomic E-state index is -0.266. The molecule has 0 N–H and O–H groups in total. The van der Waals surface area contributed by atoms with Crippen molar-refractivity contribution in [3.8, 4) is 0 Å². The standard InChI is InChI=1S/C23H28N2O2/c1-24(2)22(26)17-20-16-18-8-6-7-11-21(18)23(27-20)12-14-25(15-13-23)19-9-4-3-5-10-19/h3-11,20H,12-17H2,1-2H3. The number of carbonyl (C=O) groups is 1. The number of anilines is 1. The Kier molecular flexibility index (Phi) is 4.92. The zero-order chi connectivity index (χ0) is 18.9. The number of para-hydroxylation sites is 1. The number of fused-ring (bicyclic) bond motifs is 2. The van der Waals surface area contributed by atoms with Gasteiger partial charge in [0, 0.05) is 32.9 Å². The molecule has 1 fully saturated rings. The fourth-order valence-electron chi connectivity index (χ4n) is 4.46. The molecule has 0 aliphatic carbocycles. The van der Waals surface area contributed by atoms with Gasteiger partial charge in [0.25, 0.3) is 0 Å². The first-order valence-electron chi connectivity index (χ1n) is 9.84. The molecule has 4 nitrogen and oxygen atoms in total. The molecule has 1 spiro atoms. The molecule has 4 heteroatoms. The van der Waals surface area contributed by atoms with E-state index in [1.54, 1.807) is 4.90 Å². The number of ether oxygens (including phenoxy) is 1. The van der Waals surface area contributed by atoms with Crippen molar-refractivity contribution in [3.05, 3.63) is 65.7 Å². The van der Waals surface area contributed by atoms with E-state index in [0.717, 1.165) is 32.4 Å². The third-order valence-electron chi connectivity index (χ3n) is 5.94. The molecule has 1 unspecified atom stereocenters. The number of piperidine rings is 1. The Labute approximate surface area is 161 Å². The van der Waals surface area contributed by atoms with E-state index in [0.29, 0.717) is 6.42 Å². The smallest absolute Gasteiger partial charge is 0.224 e. The third kappa shape index (κ3) is 3.59. The van der Waals surface area contributed by atoms with Crippen molar-refractivity contribution in [1.29, 1.82) is 0 Å². The Morgan fingerprint density at radius 2 is 1.74 bits per heavy atom. The van der Waals surface area contributed by atoms with E-state index in [9.17, 15) is 4.79 Å². The lowest BCUT2D eigenvalue weighted by molar-refractivity contribution is -0.146. The Morgan fingerprint density at radius 3 is 2.44 bits per heavy atom. The van der Waals surface area contributed by atoms with Crippen molar-refractivity contribution in [2.45, 2.75) is 37.4 Å². The Morgan fingerprint density at radius 1 is 1.07 bits per heavy atom. The summed E-state index contributed by atoms with van der Waals surface area (Å²) >= 11 is 0. The molecule has 27 heavy (non-hydrogen) atoms. The Balaban J connectivity index is 1.56. The van der Waals surface area contributed by atoms with E-state index in [1.165, 1.54) is 16.8 Å². The second kappa shape index (κ2) is 7.35. The lowest BCUT2D eigenvalue weighted by Gasteiger charge is -2.48. The first-order chi connectivity index (χ1) is 13.1. The van der Waals surface area contributed by atoms with Crippen LogP contribution in [-0.4, -0.2) is 44.1 Å². The molecule has 0 radical (unpaired) electrons. The van der Waals surface area contributed by atoms with Crippen LogP contribution in [0.1, 0.15) is 30.4 Å². The maximum atomic E-state index is 12.3. The molecule has 2 aromatic rings. The summed E-state index contributed by atoms with van der Waals surface area (Å²) in [5.41, 5.74) is 3.67. The van der Waals surface area contributed by atoms with Gasteiger partial charge >= 0.3 is 0 Å². The van der Waals surface area contributed by atoms with E-state index in [1.807, 2.05) is 14.1 Å². The van der Waals surface area contributed by atoms with Gasteiger partial charge < -0.3 is 14.5 Å². The van der Waals surface area contributed by atoms with Crippen molar-refractivity contribution in [2.24, 2.45) is 0 Å². The van der Waals surface area contributed by atoms with Crippen LogP contribution in [0.4, 0.5) is 5.69 Å². The lowest BCUT2D eigenvalue weighted by atomic mass is 9.77. The number of hydrogen-bond acceptors (Lipinski definition) is 3. The van der Waals surface area contributed by atoms with E-state index < -0.39 is 0 Å². The second-order valence-electron chi connectivity index (χ2n) is 7.91. The highest BCUT2D eigenvalue weighted by Crippen LogP contribution is 2.44. The Hall–Kier alpha value is -2.33. The predicted octanol–water partition coefficient (Wildman–Crippen LogP) is 3.60. The fourth-order valence-corrected chi connectivity index (χ4v) is 4.46. The fraction of sp³-hybridized carbons (Fsp3) is 0.435. The maximum absolute atomic E-state index is 12.3. The molecule has 4 rings (SSSR count). The summed E-state index contributed by atoms with van der Waals surface area (Å²) in [6, 6.07) is 19.2. The molecule has 142 valence electrons. The summed E-state index contributed by atoms with van der Waals surface area (Å²) in [6.07, 6.45) is 3.13.